The van der Waals surface area contributed by atoms with Crippen molar-refractivity contribution in [2.24, 2.45) is 10.9 Å². The Bertz CT molecular complexity index is 1160. The van der Waals surface area contributed by atoms with E-state index in [2.05, 4.69) is 11.7 Å². The van der Waals surface area contributed by atoms with Crippen molar-refractivity contribution in [1.82, 2.24) is 0 Å². The maximum atomic E-state index is 11.3. The fourth-order valence-electron chi connectivity index (χ4n) is 2.32. The van der Waals surface area contributed by atoms with Crippen LogP contribution < -0.4 is 5.84 Å². The molecular formula is C19H14N2O8S3. The molecule has 166 valence electrons. The van der Waals surface area contributed by atoms with E-state index in [0.29, 0.717) is 14.0 Å². The number of carbonyl (C=O) groups is 4. The van der Waals surface area contributed by atoms with Crippen LogP contribution in [0.3, 0.4) is 0 Å². The van der Waals surface area contributed by atoms with Gasteiger partial charge in [0.05, 0.1) is 22.3 Å². The molecular weight excluding hydrogens is 480 g/mol. The zero-order chi connectivity index (χ0) is 24.0. The summed E-state index contributed by atoms with van der Waals surface area (Å²) in [4.78, 5) is 45.7. The number of thioether (sulfide) groups is 3. The molecule has 2 rings (SSSR count). The number of carboxylic acids is 4. The number of benzene rings is 2. The first-order chi connectivity index (χ1) is 15.0. The molecule has 6 N–H and O–H groups in total. The van der Waals surface area contributed by atoms with Gasteiger partial charge in [0, 0.05) is 14.0 Å². The number of hydrogen-bond acceptors (Lipinski definition) is 9. The standard InChI is InChI=1S/C19H14N2O8S3/c1-8(30-9-2-4-11(15(22)23)13(6-9)17(26)27)31-19(21-20)32-10-3-5-12(16(24)25)14(7-10)18(28)29/h2-7H,1,20H2,(H,22,23)(H,24,25)(H,26,27)(H,28,29)/b21-19+. The van der Waals surface area contributed by atoms with Crippen molar-refractivity contribution in [3.05, 3.63) is 69.5 Å². The molecule has 0 heterocycles. The van der Waals surface area contributed by atoms with Crippen LogP contribution in [0.4, 0.5) is 0 Å². The molecule has 13 heteroatoms. The van der Waals surface area contributed by atoms with Gasteiger partial charge in [0.25, 0.3) is 0 Å². The van der Waals surface area contributed by atoms with Gasteiger partial charge in [-0.2, -0.15) is 5.10 Å². The molecule has 0 aromatic heterocycles. The van der Waals surface area contributed by atoms with E-state index in [-0.39, 0.29) is 21.1 Å². The van der Waals surface area contributed by atoms with Crippen LogP contribution in [0.15, 0.2) is 62.1 Å². The van der Waals surface area contributed by atoms with Gasteiger partial charge >= 0.3 is 23.9 Å². The SMILES string of the molecule is C=C(S/C(=N\N)Sc1ccc(C(=O)O)c(C(=O)O)c1)Sc1ccc(C(=O)O)c(C(=O)O)c1. The molecule has 0 amide bonds. The smallest absolute Gasteiger partial charge is 0.336 e. The van der Waals surface area contributed by atoms with Crippen molar-refractivity contribution < 1.29 is 39.6 Å². The molecule has 10 nitrogen and oxygen atoms in total. The van der Waals surface area contributed by atoms with Gasteiger partial charge in [0.2, 0.25) is 0 Å². The van der Waals surface area contributed by atoms with E-state index in [1.807, 2.05) is 0 Å². The van der Waals surface area contributed by atoms with Crippen LogP contribution in [0.5, 0.6) is 0 Å². The summed E-state index contributed by atoms with van der Waals surface area (Å²) in [6.07, 6.45) is 0. The average Bonchev–Trinajstić information content (AvgIpc) is 2.72. The number of nitrogens with zero attached hydrogens (tertiary/aromatic N) is 1. The zero-order valence-electron chi connectivity index (χ0n) is 15.8. The molecule has 2 aromatic carbocycles. The highest BCUT2D eigenvalue weighted by Crippen LogP contribution is 2.39. The van der Waals surface area contributed by atoms with Crippen molar-refractivity contribution >= 4 is 63.5 Å². The number of aromatic carboxylic acids is 4. The molecule has 0 bridgehead atoms. The second-order valence-electron chi connectivity index (χ2n) is 5.71. The first kappa shape index (κ1) is 24.8. The van der Waals surface area contributed by atoms with Crippen LogP contribution in [0.25, 0.3) is 0 Å². The molecule has 0 saturated carbocycles. The van der Waals surface area contributed by atoms with Gasteiger partial charge in [-0.3, -0.25) is 0 Å². The molecule has 0 aliphatic rings. The van der Waals surface area contributed by atoms with Gasteiger partial charge in [-0.25, -0.2) is 19.2 Å². The Balaban J connectivity index is 2.16. The Hall–Kier alpha value is -3.42. The van der Waals surface area contributed by atoms with Crippen LogP contribution in [0, 0.1) is 0 Å². The van der Waals surface area contributed by atoms with E-state index in [0.717, 1.165) is 41.4 Å². The lowest BCUT2D eigenvalue weighted by Crippen LogP contribution is -2.08. The largest absolute Gasteiger partial charge is 0.478 e. The Labute approximate surface area is 193 Å². The summed E-state index contributed by atoms with van der Waals surface area (Å²) in [6.45, 7) is 3.84. The predicted octanol–water partition coefficient (Wildman–Crippen LogP) is 3.80. The van der Waals surface area contributed by atoms with Gasteiger partial charge in [-0.15, -0.1) is 0 Å². The minimum atomic E-state index is -1.40. The first-order valence-corrected chi connectivity index (χ1v) is 10.7. The maximum Gasteiger partial charge on any atom is 0.336 e. The average molecular weight is 495 g/mol. The minimum absolute atomic E-state index is 0.252. The van der Waals surface area contributed by atoms with Crippen molar-refractivity contribution in [3.8, 4) is 0 Å². The minimum Gasteiger partial charge on any atom is -0.478 e. The van der Waals surface area contributed by atoms with E-state index >= 15 is 0 Å². The number of hydrogen-bond donors (Lipinski definition) is 5. The summed E-state index contributed by atoms with van der Waals surface area (Å²) in [6, 6.07) is 7.57. The first-order valence-electron chi connectivity index (χ1n) is 8.25. The highest BCUT2D eigenvalue weighted by molar-refractivity contribution is 8.44. The van der Waals surface area contributed by atoms with Crippen LogP contribution in [-0.4, -0.2) is 48.7 Å². The summed E-state index contributed by atoms with van der Waals surface area (Å²) in [5.41, 5.74) is -1.47. The summed E-state index contributed by atoms with van der Waals surface area (Å²) >= 11 is 3.05. The third-order valence-corrected chi connectivity index (χ3v) is 6.64. The number of nitrogens with two attached hydrogens (primary N) is 1. The number of carboxylic acid groups (broad SMARTS) is 4. The molecule has 2 aromatic rings. The molecule has 0 fully saturated rings. The van der Waals surface area contributed by atoms with Gasteiger partial charge < -0.3 is 26.3 Å². The lowest BCUT2D eigenvalue weighted by Gasteiger charge is -2.10. The maximum absolute atomic E-state index is 11.3. The van der Waals surface area contributed by atoms with Crippen molar-refractivity contribution in [2.45, 2.75) is 9.79 Å². The molecule has 0 spiro atoms. The van der Waals surface area contributed by atoms with Gasteiger partial charge in [0.1, 0.15) is 0 Å². The van der Waals surface area contributed by atoms with Crippen LogP contribution in [-0.2, 0) is 0 Å². The van der Waals surface area contributed by atoms with Gasteiger partial charge in [0.15, 0.2) is 4.38 Å². The van der Waals surface area contributed by atoms with E-state index in [9.17, 15) is 29.4 Å². The number of hydrazone groups is 1. The Kier molecular flexibility index (Phi) is 8.34. The van der Waals surface area contributed by atoms with E-state index in [4.69, 9.17) is 16.1 Å². The number of rotatable bonds is 8. The van der Waals surface area contributed by atoms with Crippen LogP contribution in [0.2, 0.25) is 0 Å². The van der Waals surface area contributed by atoms with Gasteiger partial charge in [-0.1, -0.05) is 41.9 Å². The lowest BCUT2D eigenvalue weighted by atomic mass is 10.1. The fourth-order valence-corrected chi connectivity index (χ4v) is 5.32. The van der Waals surface area contributed by atoms with Crippen LogP contribution >= 0.6 is 35.3 Å². The molecule has 0 atom stereocenters. The topological polar surface area (TPSA) is 188 Å². The third-order valence-electron chi connectivity index (χ3n) is 3.65. The highest BCUT2D eigenvalue weighted by Gasteiger charge is 2.19. The second-order valence-corrected chi connectivity index (χ2v) is 9.54. The van der Waals surface area contributed by atoms with E-state index < -0.39 is 29.4 Å². The molecule has 0 aliphatic carbocycles. The predicted molar refractivity (Wildman–Crippen MR) is 121 cm³/mol. The Morgan fingerprint density at radius 1 is 0.719 bits per heavy atom. The summed E-state index contributed by atoms with van der Waals surface area (Å²) in [7, 11) is 0. The normalized spacial score (nSPS) is 11.1. The molecule has 0 unspecified atom stereocenters. The molecule has 32 heavy (non-hydrogen) atoms. The molecule has 0 radical (unpaired) electrons. The van der Waals surface area contributed by atoms with E-state index in [1.54, 1.807) is 0 Å². The third kappa shape index (κ3) is 6.29. The summed E-state index contributed by atoms with van der Waals surface area (Å²) < 4.78 is 0.671. The zero-order valence-corrected chi connectivity index (χ0v) is 18.3. The van der Waals surface area contributed by atoms with Crippen LogP contribution in [0.1, 0.15) is 41.4 Å². The highest BCUT2D eigenvalue weighted by atomic mass is 32.2. The fraction of sp³-hybridized carbons (Fsp3) is 0. The summed E-state index contributed by atoms with van der Waals surface area (Å²) in [5, 5.41) is 40.2. The quantitative estimate of drug-likeness (QED) is 0.118. The second kappa shape index (κ2) is 10.7. The lowest BCUT2D eigenvalue weighted by molar-refractivity contribution is 0.0651. The Morgan fingerprint density at radius 2 is 1.12 bits per heavy atom. The van der Waals surface area contributed by atoms with Crippen molar-refractivity contribution in [1.29, 1.82) is 0 Å². The molecule has 0 saturated heterocycles. The Morgan fingerprint density at radius 3 is 1.50 bits per heavy atom. The van der Waals surface area contributed by atoms with Gasteiger partial charge in [-0.05, 0) is 36.4 Å². The monoisotopic (exact) mass is 494 g/mol. The van der Waals surface area contributed by atoms with Crippen molar-refractivity contribution in [3.63, 3.8) is 0 Å². The van der Waals surface area contributed by atoms with Crippen molar-refractivity contribution in [2.75, 3.05) is 0 Å². The summed E-state index contributed by atoms with van der Waals surface area (Å²) in [5.74, 6) is -0.129. The molecule has 0 aliphatic heterocycles. The van der Waals surface area contributed by atoms with E-state index in [1.165, 1.54) is 30.3 Å².